The molecule has 1 aliphatic rings. The smallest absolute Gasteiger partial charge is 0.120 e. The van der Waals surface area contributed by atoms with Crippen LogP contribution in [-0.2, 0) is 16.9 Å². The minimum absolute atomic E-state index is 0.343. The number of hydrogen-bond acceptors (Lipinski definition) is 3. The van der Waals surface area contributed by atoms with E-state index >= 15 is 0 Å². The summed E-state index contributed by atoms with van der Waals surface area (Å²) >= 11 is 0. The molecule has 1 fully saturated rings. The lowest BCUT2D eigenvalue weighted by Crippen LogP contribution is -2.40. The summed E-state index contributed by atoms with van der Waals surface area (Å²) in [5.74, 6) is 0.847. The predicted octanol–water partition coefficient (Wildman–Crippen LogP) is 5.59. The van der Waals surface area contributed by atoms with Crippen LogP contribution in [0.25, 0.3) is 10.8 Å². The Bertz CT molecular complexity index is 951. The maximum Gasteiger partial charge on any atom is 0.120 e. The van der Waals surface area contributed by atoms with Gasteiger partial charge in [0.25, 0.3) is 0 Å². The van der Waals surface area contributed by atoms with Gasteiger partial charge in [-0.1, -0.05) is 48.5 Å². The van der Waals surface area contributed by atoms with Crippen LogP contribution in [0.3, 0.4) is 0 Å². The molecule has 0 atom stereocenters. The van der Waals surface area contributed by atoms with Crippen LogP contribution in [0.1, 0.15) is 43.7 Å². The largest absolute Gasteiger partial charge is 0.489 e. The fourth-order valence-corrected chi connectivity index (χ4v) is 4.17. The zero-order valence-corrected chi connectivity index (χ0v) is 16.7. The second-order valence-corrected chi connectivity index (χ2v) is 8.19. The summed E-state index contributed by atoms with van der Waals surface area (Å²) in [6.07, 6.45) is 3.10. The third-order valence-electron chi connectivity index (χ3n) is 6.11. The maximum absolute atomic E-state index is 10.3. The highest BCUT2D eigenvalue weighted by Crippen LogP contribution is 2.44. The number of ether oxygens (including phenoxy) is 2. The molecule has 0 bridgehead atoms. The number of methoxy groups -OCH3 is 1. The molecule has 146 valence electrons. The molecule has 0 spiro atoms. The van der Waals surface area contributed by atoms with Gasteiger partial charge in [0.2, 0.25) is 0 Å². The SMILES string of the molecule is CO[C@]1(c2cccc(OCc3ccc4ccccc4c3)c2)CC[C@@](C)(O)CC1. The van der Waals surface area contributed by atoms with Gasteiger partial charge in [-0.2, -0.15) is 0 Å². The Morgan fingerprint density at radius 3 is 2.36 bits per heavy atom. The summed E-state index contributed by atoms with van der Waals surface area (Å²) < 4.78 is 12.1. The van der Waals surface area contributed by atoms with Crippen molar-refractivity contribution in [3.05, 3.63) is 77.9 Å². The minimum Gasteiger partial charge on any atom is -0.489 e. The first-order chi connectivity index (χ1) is 13.5. The second kappa shape index (κ2) is 7.57. The van der Waals surface area contributed by atoms with Crippen LogP contribution in [0.2, 0.25) is 0 Å². The van der Waals surface area contributed by atoms with Gasteiger partial charge in [-0.3, -0.25) is 0 Å². The Hall–Kier alpha value is -2.36. The van der Waals surface area contributed by atoms with Gasteiger partial charge < -0.3 is 14.6 Å². The average Bonchev–Trinajstić information content (AvgIpc) is 2.73. The lowest BCUT2D eigenvalue weighted by atomic mass is 9.73. The topological polar surface area (TPSA) is 38.7 Å². The van der Waals surface area contributed by atoms with Crippen molar-refractivity contribution < 1.29 is 14.6 Å². The van der Waals surface area contributed by atoms with E-state index in [2.05, 4.69) is 54.6 Å². The summed E-state index contributed by atoms with van der Waals surface area (Å²) in [5.41, 5.74) is 1.34. The molecule has 1 N–H and O–H groups in total. The summed E-state index contributed by atoms with van der Waals surface area (Å²) in [6.45, 7) is 2.44. The molecule has 3 nitrogen and oxygen atoms in total. The van der Waals surface area contributed by atoms with Crippen molar-refractivity contribution in [1.82, 2.24) is 0 Å². The van der Waals surface area contributed by atoms with E-state index in [-0.39, 0.29) is 5.60 Å². The van der Waals surface area contributed by atoms with E-state index in [1.807, 2.05) is 19.1 Å². The predicted molar refractivity (Wildman–Crippen MR) is 113 cm³/mol. The first-order valence-corrected chi connectivity index (χ1v) is 9.98. The molecule has 0 unspecified atom stereocenters. The molecule has 4 rings (SSSR count). The summed E-state index contributed by atoms with van der Waals surface area (Å²) in [5, 5.41) is 12.8. The standard InChI is InChI=1S/C25H28O3/c1-24(26)12-14-25(27-2,15-13-24)22-8-5-9-23(17-22)28-18-19-10-11-20-6-3-4-7-21(20)16-19/h3-11,16-17,26H,12-15,18H2,1-2H3/t24-,25-. The molecule has 28 heavy (non-hydrogen) atoms. The summed E-state index contributed by atoms with van der Waals surface area (Å²) in [6, 6.07) is 23.0. The molecule has 3 aromatic rings. The first-order valence-electron chi connectivity index (χ1n) is 9.98. The molecule has 1 aliphatic carbocycles. The van der Waals surface area contributed by atoms with Crippen molar-refractivity contribution in [1.29, 1.82) is 0 Å². The van der Waals surface area contributed by atoms with E-state index < -0.39 is 5.60 Å². The van der Waals surface area contributed by atoms with Crippen molar-refractivity contribution in [2.75, 3.05) is 7.11 Å². The number of aliphatic hydroxyl groups is 1. The van der Waals surface area contributed by atoms with Crippen molar-refractivity contribution in [3.63, 3.8) is 0 Å². The Morgan fingerprint density at radius 1 is 0.857 bits per heavy atom. The van der Waals surface area contributed by atoms with E-state index in [9.17, 15) is 5.11 Å². The van der Waals surface area contributed by atoms with Crippen LogP contribution >= 0.6 is 0 Å². The van der Waals surface area contributed by atoms with Crippen LogP contribution in [0.5, 0.6) is 5.75 Å². The van der Waals surface area contributed by atoms with Crippen molar-refractivity contribution in [2.24, 2.45) is 0 Å². The zero-order chi connectivity index (χ0) is 19.6. The van der Waals surface area contributed by atoms with Crippen LogP contribution in [0.4, 0.5) is 0 Å². The Balaban J connectivity index is 1.50. The molecule has 3 heteroatoms. The average molecular weight is 376 g/mol. The molecular weight excluding hydrogens is 348 g/mol. The molecule has 0 heterocycles. The minimum atomic E-state index is -0.591. The molecule has 0 radical (unpaired) electrons. The maximum atomic E-state index is 10.3. The molecule has 0 saturated heterocycles. The van der Waals surface area contributed by atoms with Gasteiger partial charge in [0.05, 0.1) is 11.2 Å². The molecule has 0 aromatic heterocycles. The van der Waals surface area contributed by atoms with Gasteiger partial charge in [-0.05, 0) is 72.7 Å². The Morgan fingerprint density at radius 2 is 1.61 bits per heavy atom. The van der Waals surface area contributed by atoms with Gasteiger partial charge >= 0.3 is 0 Å². The molecule has 0 amide bonds. The van der Waals surface area contributed by atoms with Crippen LogP contribution < -0.4 is 4.74 Å². The van der Waals surface area contributed by atoms with E-state index in [1.165, 1.54) is 10.8 Å². The lowest BCUT2D eigenvalue weighted by molar-refractivity contribution is -0.0981. The van der Waals surface area contributed by atoms with Crippen LogP contribution in [0, 0.1) is 0 Å². The monoisotopic (exact) mass is 376 g/mol. The molecule has 0 aliphatic heterocycles. The normalized spacial score (nSPS) is 25.0. The van der Waals surface area contributed by atoms with E-state index in [1.54, 1.807) is 7.11 Å². The molecular formula is C25H28O3. The van der Waals surface area contributed by atoms with E-state index in [0.29, 0.717) is 6.61 Å². The van der Waals surface area contributed by atoms with Gasteiger partial charge in [0, 0.05) is 7.11 Å². The van der Waals surface area contributed by atoms with Crippen molar-refractivity contribution in [3.8, 4) is 5.75 Å². The fraction of sp³-hybridized carbons (Fsp3) is 0.360. The van der Waals surface area contributed by atoms with Crippen LogP contribution in [-0.4, -0.2) is 17.8 Å². The third-order valence-corrected chi connectivity index (χ3v) is 6.11. The summed E-state index contributed by atoms with van der Waals surface area (Å²) in [4.78, 5) is 0. The van der Waals surface area contributed by atoms with Gasteiger partial charge in [0.15, 0.2) is 0 Å². The van der Waals surface area contributed by atoms with Gasteiger partial charge in [-0.15, -0.1) is 0 Å². The summed E-state index contributed by atoms with van der Waals surface area (Å²) in [7, 11) is 1.77. The van der Waals surface area contributed by atoms with E-state index in [4.69, 9.17) is 9.47 Å². The van der Waals surface area contributed by atoms with Gasteiger partial charge in [0.1, 0.15) is 12.4 Å². The zero-order valence-electron chi connectivity index (χ0n) is 16.7. The highest BCUT2D eigenvalue weighted by molar-refractivity contribution is 5.82. The highest BCUT2D eigenvalue weighted by atomic mass is 16.5. The molecule has 3 aromatic carbocycles. The second-order valence-electron chi connectivity index (χ2n) is 8.19. The Labute approximate surface area is 166 Å². The van der Waals surface area contributed by atoms with Crippen LogP contribution in [0.15, 0.2) is 66.7 Å². The van der Waals surface area contributed by atoms with Crippen molar-refractivity contribution >= 4 is 10.8 Å². The Kier molecular flexibility index (Phi) is 5.13. The number of fused-ring (bicyclic) bond motifs is 1. The fourth-order valence-electron chi connectivity index (χ4n) is 4.17. The quantitative estimate of drug-likeness (QED) is 0.631. The van der Waals surface area contributed by atoms with Gasteiger partial charge in [-0.25, -0.2) is 0 Å². The first kappa shape index (κ1) is 19.0. The number of hydrogen-bond donors (Lipinski definition) is 1. The third kappa shape index (κ3) is 3.91. The van der Waals surface area contributed by atoms with E-state index in [0.717, 1.165) is 42.6 Å². The lowest BCUT2D eigenvalue weighted by Gasteiger charge is -2.42. The number of rotatable bonds is 5. The number of benzene rings is 3. The molecule has 1 saturated carbocycles. The van der Waals surface area contributed by atoms with Crippen molar-refractivity contribution in [2.45, 2.75) is 50.4 Å². The highest BCUT2D eigenvalue weighted by Gasteiger charge is 2.41.